The topological polar surface area (TPSA) is 115 Å². The summed E-state index contributed by atoms with van der Waals surface area (Å²) in [5.74, 6) is -2.30. The minimum atomic E-state index is -0.817. The van der Waals surface area contributed by atoms with E-state index in [1.54, 1.807) is 43.3 Å². The van der Waals surface area contributed by atoms with Crippen molar-refractivity contribution in [3.8, 4) is 0 Å². The highest BCUT2D eigenvalue weighted by Gasteiger charge is 2.59. The Morgan fingerprint density at radius 1 is 1.00 bits per heavy atom. The van der Waals surface area contributed by atoms with Gasteiger partial charge < -0.3 is 10.1 Å². The maximum absolute atomic E-state index is 13.6. The summed E-state index contributed by atoms with van der Waals surface area (Å²) >= 11 is 2.16. The van der Waals surface area contributed by atoms with Crippen LogP contribution in [0, 0.1) is 5.92 Å². The van der Waals surface area contributed by atoms with Crippen LogP contribution in [0.4, 0.5) is 11.4 Å². The van der Waals surface area contributed by atoms with Gasteiger partial charge in [0.15, 0.2) is 0 Å². The monoisotopic (exact) mass is 551 g/mol. The Balaban J connectivity index is 1.43. The van der Waals surface area contributed by atoms with Crippen LogP contribution in [0.15, 0.2) is 64.4 Å². The van der Waals surface area contributed by atoms with Crippen molar-refractivity contribution in [2.75, 3.05) is 16.8 Å². The molecule has 9 nitrogen and oxygen atoms in total. The van der Waals surface area contributed by atoms with E-state index in [9.17, 15) is 24.0 Å². The maximum atomic E-state index is 13.6. The summed E-state index contributed by atoms with van der Waals surface area (Å²) in [5, 5.41) is 2.56. The first kappa shape index (κ1) is 25.9. The molecule has 0 spiro atoms. The van der Waals surface area contributed by atoms with Crippen LogP contribution in [-0.4, -0.2) is 40.1 Å². The molecule has 196 valence electrons. The number of carbonyl (C=O) groups excluding carboxylic acids is 4. The Hall–Kier alpha value is -3.70. The average molecular weight is 552 g/mol. The van der Waals surface area contributed by atoms with Gasteiger partial charge in [0.25, 0.3) is 0 Å². The lowest BCUT2D eigenvalue weighted by Crippen LogP contribution is -2.41. The number of hydrogen-bond donors (Lipinski definition) is 1. The second-order valence-corrected chi connectivity index (χ2v) is 11.6. The van der Waals surface area contributed by atoms with Crippen LogP contribution in [0.1, 0.15) is 36.0 Å². The van der Waals surface area contributed by atoms with Crippen molar-refractivity contribution in [1.29, 1.82) is 0 Å². The molecular weight excluding hydrogens is 526 g/mol. The molecule has 1 N–H and O–H groups in total. The number of esters is 1. The first-order chi connectivity index (χ1) is 18.1. The van der Waals surface area contributed by atoms with Crippen molar-refractivity contribution in [3.05, 3.63) is 74.7 Å². The second-order valence-electron chi connectivity index (χ2n) is 9.52. The largest absolute Gasteiger partial charge is 0.462 e. The zero-order chi connectivity index (χ0) is 27.2. The summed E-state index contributed by atoms with van der Waals surface area (Å²) in [4.78, 5) is 66.4. The summed E-state index contributed by atoms with van der Waals surface area (Å²) in [7, 11) is 0. The predicted octanol–water partition coefficient (Wildman–Crippen LogP) is 3.67. The molecule has 0 aliphatic carbocycles. The standard InChI is InChI=1S/C27H25N3O6S2/c1-4-36-25(34)15-10-12-17(13-11-15)30-22(32)19-20(23(30)33)37-24-21(27(19,2)3)38-26(35)29(24)14-18(31)28-16-8-6-5-7-9-16/h5-13,19-20H,4,14H2,1-3H3,(H,28,31)/t19-,20+/m1/s1. The highest BCUT2D eigenvalue weighted by atomic mass is 32.2. The Bertz CT molecular complexity index is 1490. The second kappa shape index (κ2) is 9.88. The van der Waals surface area contributed by atoms with E-state index in [2.05, 4.69) is 5.32 Å². The van der Waals surface area contributed by atoms with Gasteiger partial charge in [-0.1, -0.05) is 55.1 Å². The third kappa shape index (κ3) is 4.35. The number of hydrogen-bond acceptors (Lipinski definition) is 8. The number of amides is 3. The zero-order valence-corrected chi connectivity index (χ0v) is 22.6. The van der Waals surface area contributed by atoms with Crippen LogP contribution in [-0.2, 0) is 31.1 Å². The molecule has 5 rings (SSSR count). The summed E-state index contributed by atoms with van der Waals surface area (Å²) in [6, 6.07) is 15.1. The van der Waals surface area contributed by atoms with Crippen LogP contribution >= 0.6 is 23.1 Å². The van der Waals surface area contributed by atoms with Gasteiger partial charge in [-0.15, -0.1) is 0 Å². The minimum Gasteiger partial charge on any atom is -0.462 e. The lowest BCUT2D eigenvalue weighted by molar-refractivity contribution is -0.123. The molecule has 0 unspecified atom stereocenters. The molecule has 0 bridgehead atoms. The van der Waals surface area contributed by atoms with E-state index in [4.69, 9.17) is 4.74 Å². The van der Waals surface area contributed by atoms with Gasteiger partial charge in [-0.05, 0) is 43.3 Å². The Morgan fingerprint density at radius 3 is 2.34 bits per heavy atom. The fourth-order valence-corrected chi connectivity index (χ4v) is 7.89. The lowest BCUT2D eigenvalue weighted by atomic mass is 9.76. The quantitative estimate of drug-likeness (QED) is 0.367. The average Bonchev–Trinajstić information content (AvgIpc) is 3.34. The number of nitrogens with one attached hydrogen (secondary N) is 1. The number of para-hydroxylation sites is 1. The molecule has 1 aromatic heterocycles. The van der Waals surface area contributed by atoms with Crippen molar-refractivity contribution in [3.63, 3.8) is 0 Å². The Morgan fingerprint density at radius 2 is 1.68 bits per heavy atom. The summed E-state index contributed by atoms with van der Waals surface area (Å²) in [6.45, 7) is 5.45. The molecule has 3 heterocycles. The van der Waals surface area contributed by atoms with Gasteiger partial charge in [0.1, 0.15) is 11.8 Å². The highest BCUT2D eigenvalue weighted by molar-refractivity contribution is 8.00. The predicted molar refractivity (Wildman–Crippen MR) is 145 cm³/mol. The molecule has 38 heavy (non-hydrogen) atoms. The van der Waals surface area contributed by atoms with E-state index in [1.165, 1.54) is 16.7 Å². The van der Waals surface area contributed by atoms with Crippen molar-refractivity contribution in [1.82, 2.24) is 4.57 Å². The highest BCUT2D eigenvalue weighted by Crippen LogP contribution is 2.54. The number of thioether (sulfide) groups is 1. The van der Waals surface area contributed by atoms with Gasteiger partial charge in [0.2, 0.25) is 17.7 Å². The van der Waals surface area contributed by atoms with E-state index < -0.39 is 28.5 Å². The van der Waals surface area contributed by atoms with Crippen LogP contribution in [0.3, 0.4) is 0 Å². The summed E-state index contributed by atoms with van der Waals surface area (Å²) in [6.07, 6.45) is 0. The normalized spacial score (nSPS) is 19.6. The van der Waals surface area contributed by atoms with Gasteiger partial charge in [0.05, 0.1) is 28.8 Å². The van der Waals surface area contributed by atoms with Gasteiger partial charge in [-0.25, -0.2) is 9.69 Å². The molecule has 2 aliphatic rings. The molecule has 0 saturated carbocycles. The molecule has 2 aromatic carbocycles. The Kier molecular flexibility index (Phi) is 6.74. The van der Waals surface area contributed by atoms with E-state index in [-0.39, 0.29) is 29.8 Å². The number of imide groups is 1. The number of thiazole rings is 1. The Labute approximate surface area is 226 Å². The van der Waals surface area contributed by atoms with Crippen molar-refractivity contribution in [2.24, 2.45) is 5.92 Å². The SMILES string of the molecule is CCOC(=O)c1ccc(N2C(=O)[C@H]3Sc4c(sc(=O)n4CC(=O)Nc4ccccc4)C(C)(C)[C@H]3C2=O)cc1. The number of aromatic nitrogens is 1. The number of rotatable bonds is 6. The van der Waals surface area contributed by atoms with Crippen LogP contribution < -0.4 is 15.1 Å². The lowest BCUT2D eigenvalue weighted by Gasteiger charge is -2.36. The minimum absolute atomic E-state index is 0.207. The molecule has 3 amide bonds. The summed E-state index contributed by atoms with van der Waals surface area (Å²) < 4.78 is 6.39. The van der Waals surface area contributed by atoms with Gasteiger partial charge in [0, 0.05) is 16.0 Å². The molecular formula is C27H25N3O6S2. The molecule has 3 aromatic rings. The van der Waals surface area contributed by atoms with Crippen LogP contribution in [0.25, 0.3) is 0 Å². The first-order valence-corrected chi connectivity index (χ1v) is 13.7. The molecule has 1 saturated heterocycles. The smallest absolute Gasteiger partial charge is 0.338 e. The first-order valence-electron chi connectivity index (χ1n) is 12.0. The van der Waals surface area contributed by atoms with Crippen molar-refractivity contribution in [2.45, 2.75) is 43.0 Å². The number of anilines is 2. The summed E-state index contributed by atoms with van der Waals surface area (Å²) in [5.41, 5.74) is 0.482. The zero-order valence-electron chi connectivity index (χ0n) is 20.9. The van der Waals surface area contributed by atoms with E-state index in [0.29, 0.717) is 26.8 Å². The van der Waals surface area contributed by atoms with Crippen molar-refractivity contribution < 1.29 is 23.9 Å². The number of fused-ring (bicyclic) bond motifs is 2. The number of benzene rings is 2. The van der Waals surface area contributed by atoms with E-state index in [1.807, 2.05) is 19.9 Å². The molecule has 1 fully saturated rings. The van der Waals surface area contributed by atoms with E-state index in [0.717, 1.165) is 28.0 Å². The third-order valence-electron chi connectivity index (χ3n) is 6.70. The molecule has 2 aliphatic heterocycles. The van der Waals surface area contributed by atoms with Crippen LogP contribution in [0.2, 0.25) is 0 Å². The van der Waals surface area contributed by atoms with Crippen molar-refractivity contribution >= 4 is 58.2 Å². The van der Waals surface area contributed by atoms with Gasteiger partial charge in [-0.2, -0.15) is 0 Å². The number of carbonyl (C=O) groups is 4. The fraction of sp³-hybridized carbons (Fsp3) is 0.296. The molecule has 2 atom stereocenters. The fourth-order valence-electron chi connectivity index (χ4n) is 4.85. The number of nitrogens with zero attached hydrogens (tertiary/aromatic N) is 2. The van der Waals surface area contributed by atoms with E-state index >= 15 is 0 Å². The maximum Gasteiger partial charge on any atom is 0.338 e. The molecule has 11 heteroatoms. The third-order valence-corrected chi connectivity index (χ3v) is 9.52. The van der Waals surface area contributed by atoms with Gasteiger partial charge in [-0.3, -0.25) is 23.7 Å². The number of ether oxygens (including phenoxy) is 1. The molecule has 0 radical (unpaired) electrons. The van der Waals surface area contributed by atoms with Gasteiger partial charge >= 0.3 is 10.8 Å². The van der Waals surface area contributed by atoms with Crippen LogP contribution in [0.5, 0.6) is 0 Å².